The van der Waals surface area contributed by atoms with Crippen LogP contribution in [-0.2, 0) is 18.9 Å². The zero-order chi connectivity index (χ0) is 17.9. The van der Waals surface area contributed by atoms with E-state index in [1.165, 1.54) is 0 Å². The molecule has 0 fully saturated rings. The van der Waals surface area contributed by atoms with Gasteiger partial charge in [-0.05, 0) is 6.42 Å². The molecule has 0 aromatic heterocycles. The predicted molar refractivity (Wildman–Crippen MR) is 87.4 cm³/mol. The second-order valence-electron chi connectivity index (χ2n) is 5.19. The van der Waals surface area contributed by atoms with Crippen LogP contribution in [0.3, 0.4) is 0 Å². The van der Waals surface area contributed by atoms with Crippen molar-refractivity contribution in [3.63, 3.8) is 0 Å². The Morgan fingerprint density at radius 2 is 1.43 bits per heavy atom. The van der Waals surface area contributed by atoms with Gasteiger partial charge < -0.3 is 4.89 Å². The van der Waals surface area contributed by atoms with Gasteiger partial charge >= 0.3 is 7.67 Å². The summed E-state index contributed by atoms with van der Waals surface area (Å²) in [5.74, 6) is -0.463. The van der Waals surface area contributed by atoms with E-state index in [4.69, 9.17) is 0 Å². The van der Waals surface area contributed by atoms with E-state index in [1.54, 1.807) is 13.8 Å². The van der Waals surface area contributed by atoms with Crippen molar-refractivity contribution in [2.24, 2.45) is 0 Å². The number of hydrogen-bond donors (Lipinski definition) is 3. The van der Waals surface area contributed by atoms with Crippen molar-refractivity contribution in [1.29, 1.82) is 0 Å². The summed E-state index contributed by atoms with van der Waals surface area (Å²) in [7, 11) is -4.07. The van der Waals surface area contributed by atoms with Gasteiger partial charge in [0.1, 0.15) is 11.6 Å². The van der Waals surface area contributed by atoms with E-state index in [1.807, 2.05) is 6.92 Å². The molecule has 0 radical (unpaired) electrons. The topological polar surface area (TPSA) is 116 Å². The van der Waals surface area contributed by atoms with E-state index in [0.717, 1.165) is 4.67 Å². The summed E-state index contributed by atoms with van der Waals surface area (Å²) in [4.78, 5) is 44.4. The third-order valence-electron chi connectivity index (χ3n) is 3.29. The molecule has 1 atom stereocenters. The summed E-state index contributed by atoms with van der Waals surface area (Å²) in [6.45, 7) is 5.35. The smallest absolute Gasteiger partial charge is 0.321 e. The van der Waals surface area contributed by atoms with Gasteiger partial charge in [0.15, 0.2) is 0 Å². The zero-order valence-electron chi connectivity index (χ0n) is 14.1. The van der Waals surface area contributed by atoms with Crippen LogP contribution in [0.15, 0.2) is 0 Å². The number of ketones is 2. The van der Waals surface area contributed by atoms with Crippen LogP contribution in [0.4, 0.5) is 0 Å². The van der Waals surface area contributed by atoms with Crippen LogP contribution in [0.5, 0.6) is 0 Å². The lowest BCUT2D eigenvalue weighted by molar-refractivity contribution is -0.122. The van der Waals surface area contributed by atoms with Crippen molar-refractivity contribution in [2.75, 3.05) is 13.1 Å². The molecule has 0 bridgehead atoms. The highest BCUT2D eigenvalue weighted by Gasteiger charge is 2.29. The number of hydrogen-bond acceptors (Lipinski definition) is 4. The minimum absolute atomic E-state index is 0.0353. The van der Waals surface area contributed by atoms with Gasteiger partial charge in [-0.2, -0.15) is 0 Å². The highest BCUT2D eigenvalue weighted by molar-refractivity contribution is 7.53. The number of nitrogens with zero attached hydrogens (tertiary/aromatic N) is 1. The molecule has 0 saturated heterocycles. The lowest BCUT2D eigenvalue weighted by atomic mass is 10.2. The summed E-state index contributed by atoms with van der Waals surface area (Å²) in [6, 6.07) is 0. The zero-order valence-corrected chi connectivity index (χ0v) is 15.0. The van der Waals surface area contributed by atoms with E-state index in [0.29, 0.717) is 19.3 Å². The lowest BCUT2D eigenvalue weighted by Crippen LogP contribution is -2.40. The average molecular weight is 349 g/mol. The number of Topliss-reactive ketones (excluding diaryl/α,β-unsaturated/α-hetero) is 2. The van der Waals surface area contributed by atoms with Crippen LogP contribution in [0.2, 0.25) is 0 Å². The Morgan fingerprint density at radius 3 is 1.83 bits per heavy atom. The first kappa shape index (κ1) is 21.9. The molecule has 0 aliphatic heterocycles. The quantitative estimate of drug-likeness (QED) is 0.341. The Morgan fingerprint density at radius 1 is 0.957 bits per heavy atom. The number of carbonyl (C=O) groups excluding carboxylic acids is 3. The lowest BCUT2D eigenvalue weighted by Gasteiger charge is -2.27. The van der Waals surface area contributed by atoms with Crippen molar-refractivity contribution < 1.29 is 23.8 Å². The summed E-state index contributed by atoms with van der Waals surface area (Å²) in [5.41, 5.74) is 2.19. The Balaban J connectivity index is 4.76. The third-order valence-corrected chi connectivity index (χ3v) is 4.86. The maximum Gasteiger partial charge on any atom is 0.358 e. The highest BCUT2D eigenvalue weighted by Crippen LogP contribution is 2.39. The van der Waals surface area contributed by atoms with Crippen molar-refractivity contribution in [1.82, 2.24) is 15.3 Å². The van der Waals surface area contributed by atoms with Crippen LogP contribution < -0.4 is 10.6 Å². The molecule has 3 N–H and O–H groups in total. The van der Waals surface area contributed by atoms with Crippen LogP contribution in [0, 0.1) is 0 Å². The van der Waals surface area contributed by atoms with Gasteiger partial charge in [-0.25, -0.2) is 4.67 Å². The monoisotopic (exact) mass is 349 g/mol. The number of amides is 1. The van der Waals surface area contributed by atoms with E-state index in [-0.39, 0.29) is 43.9 Å². The molecule has 0 aromatic rings. The fraction of sp³-hybridized carbons (Fsp3) is 0.786. The molecule has 0 rings (SSSR count). The van der Waals surface area contributed by atoms with Crippen molar-refractivity contribution >= 4 is 25.1 Å². The second kappa shape index (κ2) is 11.5. The minimum atomic E-state index is -4.07. The van der Waals surface area contributed by atoms with Gasteiger partial charge in [0.05, 0.1) is 0 Å². The molecule has 1 amide bonds. The normalized spacial score (nSPS) is 13.6. The molecule has 8 nitrogen and oxygen atoms in total. The van der Waals surface area contributed by atoms with Crippen molar-refractivity contribution in [2.45, 2.75) is 59.3 Å². The minimum Gasteiger partial charge on any atom is -0.321 e. The highest BCUT2D eigenvalue weighted by atomic mass is 31.2. The van der Waals surface area contributed by atoms with Crippen molar-refractivity contribution in [3.05, 3.63) is 0 Å². The van der Waals surface area contributed by atoms with Gasteiger partial charge in [0.2, 0.25) is 5.91 Å². The summed E-state index contributed by atoms with van der Waals surface area (Å²) < 4.78 is 13.5. The summed E-state index contributed by atoms with van der Waals surface area (Å²) in [5, 5.41) is 2.14. The molecule has 1 unspecified atom stereocenters. The van der Waals surface area contributed by atoms with Crippen LogP contribution in [0.1, 0.15) is 59.3 Å². The maximum absolute atomic E-state index is 12.4. The van der Waals surface area contributed by atoms with Gasteiger partial charge in [0, 0.05) is 45.2 Å². The molecule has 0 aliphatic rings. The Kier molecular flexibility index (Phi) is 10.9. The van der Waals surface area contributed by atoms with Crippen LogP contribution >= 0.6 is 7.67 Å². The SMILES string of the molecule is CCCC(=O)NNP(=O)(O)N(CCC(=O)CC)CCC(=O)CC. The first-order valence-electron chi connectivity index (χ1n) is 7.94. The standard InChI is InChI=1S/C14H28N3O5P/c1-4-7-14(20)15-16-23(21,22)17(10-8-12(18)5-2)11-9-13(19)6-3/h4-11H2,1-3H3,(H,15,20)(H2,16,21,22). The number of rotatable bonds is 13. The average Bonchev–Trinajstić information content (AvgIpc) is 2.52. The Bertz CT molecular complexity index is 436. The maximum atomic E-state index is 12.4. The van der Waals surface area contributed by atoms with Gasteiger partial charge in [-0.15, -0.1) is 5.20 Å². The van der Waals surface area contributed by atoms with Crippen LogP contribution in [-0.4, -0.2) is 40.1 Å². The van der Waals surface area contributed by atoms with Gasteiger partial charge in [-0.1, -0.05) is 20.8 Å². The molecular weight excluding hydrogens is 321 g/mol. The summed E-state index contributed by atoms with van der Waals surface area (Å²) >= 11 is 0. The van der Waals surface area contributed by atoms with Gasteiger partial charge in [0.25, 0.3) is 0 Å². The first-order valence-corrected chi connectivity index (χ1v) is 9.55. The Labute approximate surface area is 137 Å². The van der Waals surface area contributed by atoms with E-state index < -0.39 is 13.6 Å². The number of nitrogens with one attached hydrogen (secondary N) is 2. The molecule has 23 heavy (non-hydrogen) atoms. The molecular formula is C14H28N3O5P. The fourth-order valence-electron chi connectivity index (χ4n) is 1.74. The molecule has 0 spiro atoms. The number of hydrazine groups is 1. The van der Waals surface area contributed by atoms with E-state index >= 15 is 0 Å². The summed E-state index contributed by atoms with van der Waals surface area (Å²) in [6.07, 6.45) is 1.77. The van der Waals surface area contributed by atoms with E-state index in [9.17, 15) is 23.8 Å². The van der Waals surface area contributed by atoms with Crippen LogP contribution in [0.25, 0.3) is 0 Å². The fourth-order valence-corrected chi connectivity index (χ4v) is 2.89. The van der Waals surface area contributed by atoms with E-state index in [2.05, 4.69) is 10.6 Å². The molecule has 134 valence electrons. The molecule has 0 saturated carbocycles. The molecule has 0 heterocycles. The molecule has 0 aromatic carbocycles. The first-order chi connectivity index (χ1) is 10.8. The second-order valence-corrected chi connectivity index (χ2v) is 7.07. The van der Waals surface area contributed by atoms with Gasteiger partial charge in [-0.3, -0.25) is 24.4 Å². The molecule has 0 aliphatic carbocycles. The third kappa shape index (κ3) is 9.61. The molecule has 9 heteroatoms. The Hall–Kier alpha value is -1.08. The van der Waals surface area contributed by atoms with Crippen molar-refractivity contribution in [3.8, 4) is 0 Å². The number of carbonyl (C=O) groups is 3. The predicted octanol–water partition coefficient (Wildman–Crippen LogP) is 1.55. The largest absolute Gasteiger partial charge is 0.358 e.